The highest BCUT2D eigenvalue weighted by Crippen LogP contribution is 2.18. The summed E-state index contributed by atoms with van der Waals surface area (Å²) in [4.78, 5) is 18.5. The van der Waals surface area contributed by atoms with Crippen LogP contribution in [0.5, 0.6) is 0 Å². The summed E-state index contributed by atoms with van der Waals surface area (Å²) in [5.74, 6) is 0.771. The van der Waals surface area contributed by atoms with Crippen molar-refractivity contribution in [1.29, 1.82) is 0 Å². The molecular weight excluding hydrogens is 330 g/mol. The Morgan fingerprint density at radius 3 is 2.50 bits per heavy atom. The Morgan fingerprint density at radius 2 is 2.00 bits per heavy atom. The summed E-state index contributed by atoms with van der Waals surface area (Å²) in [6.45, 7) is 6.01. The van der Waals surface area contributed by atoms with Gasteiger partial charge in [-0.25, -0.2) is 4.68 Å². The quantitative estimate of drug-likeness (QED) is 0.468. The molecule has 0 saturated carbocycles. The van der Waals surface area contributed by atoms with Crippen molar-refractivity contribution in [3.8, 4) is 0 Å². The highest BCUT2D eigenvalue weighted by atomic mass is 32.1. The van der Waals surface area contributed by atoms with E-state index in [0.717, 1.165) is 42.5 Å². The minimum absolute atomic E-state index is 0.128. The number of rotatable bonds is 4. The van der Waals surface area contributed by atoms with Crippen molar-refractivity contribution in [2.75, 3.05) is 31.1 Å². The van der Waals surface area contributed by atoms with Crippen LogP contribution in [0, 0.1) is 21.8 Å². The number of hydrogen-bond donors (Lipinski definition) is 0. The number of piperazine rings is 1. The third-order valence-electron chi connectivity index (χ3n) is 4.25. The van der Waals surface area contributed by atoms with Crippen LogP contribution < -0.4 is 4.90 Å². The molecular formula is C14H19N7O2S. The van der Waals surface area contributed by atoms with Crippen molar-refractivity contribution in [2.24, 2.45) is 7.05 Å². The molecule has 0 bridgehead atoms. The number of aryl methyl sites for hydroxylation is 1. The lowest BCUT2D eigenvalue weighted by molar-refractivity contribution is -0.389. The van der Waals surface area contributed by atoms with Crippen molar-refractivity contribution in [3.05, 3.63) is 39.0 Å². The number of anilines is 1. The standard InChI is InChI=1S/C14H19N7O2S/c1-11-16-20(14(24)17(11)2)10-18-5-7-19(8-6-18)12-3-4-13(15-9-12)21(22)23/h3-4,9H,5-8,10H2,1-2H3. The Hall–Kier alpha value is -2.33. The van der Waals surface area contributed by atoms with Crippen LogP contribution in [0.2, 0.25) is 0 Å². The van der Waals surface area contributed by atoms with Crippen molar-refractivity contribution in [1.82, 2.24) is 24.2 Å². The highest BCUT2D eigenvalue weighted by molar-refractivity contribution is 7.71. The summed E-state index contributed by atoms with van der Waals surface area (Å²) in [7, 11) is 1.92. The van der Waals surface area contributed by atoms with Crippen LogP contribution in [0.1, 0.15) is 5.82 Å². The number of pyridine rings is 1. The van der Waals surface area contributed by atoms with Gasteiger partial charge in [0.1, 0.15) is 5.82 Å². The molecule has 0 N–H and O–H groups in total. The molecule has 2 aromatic rings. The summed E-state index contributed by atoms with van der Waals surface area (Å²) < 4.78 is 4.46. The Kier molecular flexibility index (Phi) is 4.58. The molecule has 9 nitrogen and oxygen atoms in total. The van der Waals surface area contributed by atoms with E-state index >= 15 is 0 Å². The number of nitrogens with zero attached hydrogens (tertiary/aromatic N) is 7. The molecule has 128 valence electrons. The average Bonchev–Trinajstić information content (AvgIpc) is 2.83. The van der Waals surface area contributed by atoms with Gasteiger partial charge in [0.25, 0.3) is 0 Å². The van der Waals surface area contributed by atoms with Crippen LogP contribution in [0.15, 0.2) is 18.3 Å². The minimum Gasteiger partial charge on any atom is -0.366 e. The SMILES string of the molecule is Cc1nn(CN2CCN(c3ccc([N+](=O)[O-])nc3)CC2)c(=S)n1C. The molecule has 3 rings (SSSR count). The number of nitro groups is 1. The molecule has 0 unspecified atom stereocenters. The zero-order valence-corrected chi connectivity index (χ0v) is 14.4. The van der Waals surface area contributed by atoms with Crippen molar-refractivity contribution >= 4 is 23.7 Å². The van der Waals surface area contributed by atoms with E-state index in [1.165, 1.54) is 6.07 Å². The minimum atomic E-state index is -0.486. The molecule has 3 heterocycles. The Labute approximate surface area is 144 Å². The largest absolute Gasteiger partial charge is 0.366 e. The first kappa shape index (κ1) is 16.5. The molecule has 2 aromatic heterocycles. The van der Waals surface area contributed by atoms with Gasteiger partial charge in [0.2, 0.25) is 0 Å². The second-order valence-corrected chi connectivity index (χ2v) is 6.13. The van der Waals surface area contributed by atoms with Gasteiger partial charge < -0.3 is 19.6 Å². The lowest BCUT2D eigenvalue weighted by atomic mass is 10.3. The van der Waals surface area contributed by atoms with Crippen LogP contribution in [-0.4, -0.2) is 55.3 Å². The van der Waals surface area contributed by atoms with E-state index in [1.807, 2.05) is 23.2 Å². The highest BCUT2D eigenvalue weighted by Gasteiger charge is 2.20. The van der Waals surface area contributed by atoms with Crippen molar-refractivity contribution < 1.29 is 4.92 Å². The number of hydrogen-bond acceptors (Lipinski definition) is 7. The maximum absolute atomic E-state index is 10.7. The monoisotopic (exact) mass is 349 g/mol. The van der Waals surface area contributed by atoms with Gasteiger partial charge in [0, 0.05) is 39.3 Å². The van der Waals surface area contributed by atoms with E-state index in [2.05, 4.69) is 19.9 Å². The normalized spacial score (nSPS) is 15.7. The molecule has 1 aliphatic rings. The van der Waals surface area contributed by atoms with Gasteiger partial charge in [0.15, 0.2) is 11.0 Å². The molecule has 1 saturated heterocycles. The van der Waals surface area contributed by atoms with E-state index in [9.17, 15) is 10.1 Å². The Bertz CT molecular complexity index is 790. The molecule has 0 spiro atoms. The van der Waals surface area contributed by atoms with E-state index in [-0.39, 0.29) is 5.82 Å². The molecule has 24 heavy (non-hydrogen) atoms. The first-order chi connectivity index (χ1) is 11.5. The van der Waals surface area contributed by atoms with Crippen LogP contribution in [0.3, 0.4) is 0 Å². The van der Waals surface area contributed by atoms with Gasteiger partial charge in [-0.3, -0.25) is 4.90 Å². The first-order valence-corrected chi connectivity index (χ1v) is 8.04. The first-order valence-electron chi connectivity index (χ1n) is 7.64. The fourth-order valence-electron chi connectivity index (χ4n) is 2.70. The number of aromatic nitrogens is 4. The summed E-state index contributed by atoms with van der Waals surface area (Å²) >= 11 is 5.38. The second-order valence-electron chi connectivity index (χ2n) is 5.77. The predicted octanol–water partition coefficient (Wildman–Crippen LogP) is 1.34. The van der Waals surface area contributed by atoms with Gasteiger partial charge in [-0.05, 0) is 35.1 Å². The van der Waals surface area contributed by atoms with Crippen LogP contribution in [-0.2, 0) is 13.7 Å². The van der Waals surface area contributed by atoms with Crippen molar-refractivity contribution in [2.45, 2.75) is 13.6 Å². The van der Waals surface area contributed by atoms with E-state index in [1.54, 1.807) is 12.3 Å². The Morgan fingerprint density at radius 1 is 1.29 bits per heavy atom. The average molecular weight is 349 g/mol. The van der Waals surface area contributed by atoms with Gasteiger partial charge in [-0.15, -0.1) is 0 Å². The smallest absolute Gasteiger partial charge is 0.363 e. The van der Waals surface area contributed by atoms with Crippen LogP contribution in [0.4, 0.5) is 11.5 Å². The van der Waals surface area contributed by atoms with E-state index in [0.29, 0.717) is 6.67 Å². The second kappa shape index (κ2) is 6.65. The summed E-state index contributed by atoms with van der Waals surface area (Å²) in [5, 5.41) is 15.1. The van der Waals surface area contributed by atoms with E-state index in [4.69, 9.17) is 12.2 Å². The summed E-state index contributed by atoms with van der Waals surface area (Å²) in [6.07, 6.45) is 1.56. The third-order valence-corrected chi connectivity index (χ3v) is 4.73. The molecule has 0 radical (unpaired) electrons. The topological polar surface area (TPSA) is 85.3 Å². The zero-order valence-electron chi connectivity index (χ0n) is 13.6. The summed E-state index contributed by atoms with van der Waals surface area (Å²) in [5.41, 5.74) is 0.908. The lowest BCUT2D eigenvalue weighted by Gasteiger charge is -2.35. The van der Waals surface area contributed by atoms with Crippen molar-refractivity contribution in [3.63, 3.8) is 0 Å². The Balaban J connectivity index is 1.60. The lowest BCUT2D eigenvalue weighted by Crippen LogP contribution is -2.47. The van der Waals surface area contributed by atoms with Gasteiger partial charge in [0.05, 0.1) is 12.4 Å². The maximum Gasteiger partial charge on any atom is 0.363 e. The zero-order chi connectivity index (χ0) is 17.3. The molecule has 0 atom stereocenters. The van der Waals surface area contributed by atoms with E-state index < -0.39 is 4.92 Å². The fraction of sp³-hybridized carbons (Fsp3) is 0.500. The van der Waals surface area contributed by atoms with Crippen LogP contribution in [0.25, 0.3) is 0 Å². The maximum atomic E-state index is 10.7. The molecule has 0 amide bonds. The molecule has 1 aliphatic heterocycles. The molecule has 1 fully saturated rings. The molecule has 10 heteroatoms. The van der Waals surface area contributed by atoms with Crippen LogP contribution >= 0.6 is 12.2 Å². The van der Waals surface area contributed by atoms with Gasteiger partial charge in [-0.1, -0.05) is 0 Å². The third kappa shape index (κ3) is 3.29. The predicted molar refractivity (Wildman–Crippen MR) is 91.4 cm³/mol. The van der Waals surface area contributed by atoms with Gasteiger partial charge >= 0.3 is 5.82 Å². The molecule has 0 aliphatic carbocycles. The summed E-state index contributed by atoms with van der Waals surface area (Å²) in [6, 6.07) is 3.19. The molecule has 0 aromatic carbocycles. The fourth-order valence-corrected chi connectivity index (χ4v) is 2.93. The van der Waals surface area contributed by atoms with Gasteiger partial charge in [-0.2, -0.15) is 5.10 Å².